The van der Waals surface area contributed by atoms with Gasteiger partial charge in [0.05, 0.1) is 10.6 Å². The van der Waals surface area contributed by atoms with Gasteiger partial charge in [0, 0.05) is 16.3 Å². The van der Waals surface area contributed by atoms with Gasteiger partial charge in [-0.3, -0.25) is 0 Å². The van der Waals surface area contributed by atoms with Crippen LogP contribution in [-0.2, 0) is 24.4 Å². The Morgan fingerprint density at radius 1 is 1.00 bits per heavy atom. The van der Waals surface area contributed by atoms with E-state index < -0.39 is 36.1 Å². The van der Waals surface area contributed by atoms with Crippen molar-refractivity contribution in [3.8, 4) is 0 Å². The van der Waals surface area contributed by atoms with E-state index in [4.69, 9.17) is 11.6 Å². The highest BCUT2D eigenvalue weighted by Gasteiger charge is 2.50. The highest BCUT2D eigenvalue weighted by atomic mass is 35.5. The molecule has 0 N–H and O–H groups in total. The zero-order chi connectivity index (χ0) is 22.9. The van der Waals surface area contributed by atoms with Crippen molar-refractivity contribution in [3.05, 3.63) is 64.7 Å². The first-order valence-corrected chi connectivity index (χ1v) is 13.9. The van der Waals surface area contributed by atoms with Gasteiger partial charge in [-0.2, -0.15) is 0 Å². The third kappa shape index (κ3) is 4.96. The maximum absolute atomic E-state index is 14.8. The molecule has 31 heavy (non-hydrogen) atoms. The van der Waals surface area contributed by atoms with Gasteiger partial charge in [0.1, 0.15) is 16.4 Å². The van der Waals surface area contributed by atoms with Gasteiger partial charge in [-0.1, -0.05) is 18.5 Å². The molecule has 0 amide bonds. The second-order valence-corrected chi connectivity index (χ2v) is 13.1. The van der Waals surface area contributed by atoms with Crippen LogP contribution in [0.2, 0.25) is 5.02 Å². The topological polar surface area (TPSA) is 68.3 Å². The van der Waals surface area contributed by atoms with E-state index in [9.17, 15) is 25.6 Å². The molecule has 170 valence electrons. The molecule has 0 radical (unpaired) electrons. The predicted molar refractivity (Wildman–Crippen MR) is 118 cm³/mol. The Labute approximate surface area is 187 Å². The van der Waals surface area contributed by atoms with Crippen molar-refractivity contribution < 1.29 is 25.6 Å². The molecule has 4 nitrogen and oxygen atoms in total. The number of benzene rings is 2. The summed E-state index contributed by atoms with van der Waals surface area (Å²) in [4.78, 5) is -0.0300. The molecule has 0 aliphatic heterocycles. The van der Waals surface area contributed by atoms with Crippen LogP contribution in [0, 0.1) is 17.6 Å². The van der Waals surface area contributed by atoms with Crippen LogP contribution in [0.1, 0.15) is 44.6 Å². The fourth-order valence-corrected chi connectivity index (χ4v) is 8.56. The molecule has 0 saturated heterocycles. The lowest BCUT2D eigenvalue weighted by Gasteiger charge is -2.40. The van der Waals surface area contributed by atoms with Crippen molar-refractivity contribution in [2.75, 3.05) is 11.5 Å². The first-order chi connectivity index (χ1) is 14.5. The summed E-state index contributed by atoms with van der Waals surface area (Å²) in [6.45, 7) is 1.79. The van der Waals surface area contributed by atoms with Gasteiger partial charge in [-0.25, -0.2) is 25.6 Å². The van der Waals surface area contributed by atoms with E-state index in [1.54, 1.807) is 6.92 Å². The maximum Gasteiger partial charge on any atom is 0.188 e. The molecule has 9 heteroatoms. The molecule has 2 aromatic rings. The minimum atomic E-state index is -4.12. The van der Waals surface area contributed by atoms with Crippen molar-refractivity contribution >= 4 is 31.3 Å². The standard InChI is InChI=1S/C22H25ClF2O4S2/c1-2-13-30(26,27)15-16-9-11-22(12-10-16,20-14-18(24)5-8-21(20)25)31(28,29)19-6-3-17(23)4-7-19/h3-8,14,16H,2,9-13,15H2,1H3. The van der Waals surface area contributed by atoms with Crippen LogP contribution in [0.3, 0.4) is 0 Å². The molecular formula is C22H25ClF2O4S2. The molecule has 0 aromatic heterocycles. The third-order valence-corrected chi connectivity index (χ3v) is 10.8. The summed E-state index contributed by atoms with van der Waals surface area (Å²) in [6.07, 6.45) is 1.09. The quantitative estimate of drug-likeness (QED) is 0.528. The summed E-state index contributed by atoms with van der Waals surface area (Å²) in [5.74, 6) is -1.69. The van der Waals surface area contributed by atoms with Gasteiger partial charge in [-0.15, -0.1) is 0 Å². The normalized spacial score (nSPS) is 22.4. The fraction of sp³-hybridized carbons (Fsp3) is 0.455. The first kappa shape index (κ1) is 24.1. The summed E-state index contributed by atoms with van der Waals surface area (Å²) >= 11 is 5.89. The highest BCUT2D eigenvalue weighted by molar-refractivity contribution is 7.92. The maximum atomic E-state index is 14.8. The van der Waals surface area contributed by atoms with Gasteiger partial charge in [-0.05, 0) is 80.5 Å². The van der Waals surface area contributed by atoms with Crippen molar-refractivity contribution in [1.29, 1.82) is 0 Å². The van der Waals surface area contributed by atoms with E-state index in [-0.39, 0.29) is 53.6 Å². The Bertz CT molecular complexity index is 1140. The predicted octanol–water partition coefficient (Wildman–Crippen LogP) is 5.30. The zero-order valence-electron chi connectivity index (χ0n) is 17.2. The average molecular weight is 491 g/mol. The van der Waals surface area contributed by atoms with Crippen LogP contribution in [0.15, 0.2) is 47.4 Å². The van der Waals surface area contributed by atoms with Crippen molar-refractivity contribution in [2.45, 2.75) is 48.7 Å². The van der Waals surface area contributed by atoms with Crippen molar-refractivity contribution in [2.24, 2.45) is 5.92 Å². The zero-order valence-corrected chi connectivity index (χ0v) is 19.5. The lowest BCUT2D eigenvalue weighted by atomic mass is 9.78. The Morgan fingerprint density at radius 3 is 2.19 bits per heavy atom. The van der Waals surface area contributed by atoms with E-state index in [0.29, 0.717) is 11.4 Å². The summed E-state index contributed by atoms with van der Waals surface area (Å²) < 4.78 is 79.1. The van der Waals surface area contributed by atoms with E-state index in [0.717, 1.165) is 18.2 Å². The van der Waals surface area contributed by atoms with Crippen LogP contribution in [0.25, 0.3) is 0 Å². The Morgan fingerprint density at radius 2 is 1.61 bits per heavy atom. The first-order valence-electron chi connectivity index (χ1n) is 10.2. The third-order valence-electron chi connectivity index (χ3n) is 5.98. The number of sulfone groups is 2. The minimum Gasteiger partial charge on any atom is -0.229 e. The summed E-state index contributed by atoms with van der Waals surface area (Å²) in [5.41, 5.74) is -0.211. The molecule has 0 bridgehead atoms. The Kier molecular flexibility index (Phi) is 7.13. The Balaban J connectivity index is 2.04. The molecule has 1 saturated carbocycles. The van der Waals surface area contributed by atoms with Crippen molar-refractivity contribution in [1.82, 2.24) is 0 Å². The number of rotatable bonds is 7. The highest BCUT2D eigenvalue weighted by Crippen LogP contribution is 2.49. The SMILES string of the molecule is CCCS(=O)(=O)CC1CCC(c2cc(F)ccc2F)(S(=O)(=O)c2ccc(Cl)cc2)CC1. The van der Waals surface area contributed by atoms with E-state index in [1.165, 1.54) is 24.3 Å². The molecule has 1 aliphatic carbocycles. The number of hydrogen-bond donors (Lipinski definition) is 0. The van der Waals surface area contributed by atoms with Crippen LogP contribution < -0.4 is 0 Å². The molecule has 1 fully saturated rings. The molecule has 0 unspecified atom stereocenters. The molecule has 0 heterocycles. The lowest BCUT2D eigenvalue weighted by molar-refractivity contribution is 0.303. The van der Waals surface area contributed by atoms with Crippen LogP contribution in [-0.4, -0.2) is 28.3 Å². The molecule has 0 atom stereocenters. The van der Waals surface area contributed by atoms with Gasteiger partial charge in [0.2, 0.25) is 0 Å². The molecular weight excluding hydrogens is 466 g/mol. The number of hydrogen-bond acceptors (Lipinski definition) is 4. The van der Waals surface area contributed by atoms with E-state index >= 15 is 0 Å². The molecule has 2 aromatic carbocycles. The molecule has 0 spiro atoms. The summed E-state index contributed by atoms with van der Waals surface area (Å²) in [7, 11) is -7.36. The van der Waals surface area contributed by atoms with Crippen molar-refractivity contribution in [3.63, 3.8) is 0 Å². The van der Waals surface area contributed by atoms with Gasteiger partial charge in [0.25, 0.3) is 0 Å². The second kappa shape index (κ2) is 9.16. The molecule has 1 aliphatic rings. The second-order valence-electron chi connectivity index (χ2n) is 8.13. The van der Waals surface area contributed by atoms with Crippen LogP contribution in [0.4, 0.5) is 8.78 Å². The van der Waals surface area contributed by atoms with E-state index in [2.05, 4.69) is 0 Å². The smallest absolute Gasteiger partial charge is 0.188 e. The monoisotopic (exact) mass is 490 g/mol. The van der Waals surface area contributed by atoms with Gasteiger partial charge in [0.15, 0.2) is 19.7 Å². The van der Waals surface area contributed by atoms with Gasteiger partial charge < -0.3 is 0 Å². The lowest BCUT2D eigenvalue weighted by Crippen LogP contribution is -2.41. The van der Waals surface area contributed by atoms with E-state index in [1.807, 2.05) is 0 Å². The van der Waals surface area contributed by atoms with Gasteiger partial charge >= 0.3 is 0 Å². The minimum absolute atomic E-state index is 0.00461. The van der Waals surface area contributed by atoms with Crippen LogP contribution >= 0.6 is 11.6 Å². The van der Waals surface area contributed by atoms with Crippen LogP contribution in [0.5, 0.6) is 0 Å². The summed E-state index contributed by atoms with van der Waals surface area (Å²) in [5, 5.41) is 0.356. The Hall–Kier alpha value is -1.51. The largest absolute Gasteiger partial charge is 0.229 e. The average Bonchev–Trinajstić information content (AvgIpc) is 2.70. The fourth-order valence-electron chi connectivity index (χ4n) is 4.43. The summed E-state index contributed by atoms with van der Waals surface area (Å²) in [6, 6.07) is 8.41. The molecule has 3 rings (SSSR count). The number of halogens is 3.